The summed E-state index contributed by atoms with van der Waals surface area (Å²) in [4.78, 5) is 60.4. The van der Waals surface area contributed by atoms with Crippen molar-refractivity contribution < 1.29 is 36.7 Å². The zero-order valence-electron chi connectivity index (χ0n) is 35.4. The van der Waals surface area contributed by atoms with E-state index in [-0.39, 0.29) is 60.0 Å². The predicted molar refractivity (Wildman–Crippen MR) is 234 cm³/mol. The highest BCUT2D eigenvalue weighted by Crippen LogP contribution is 2.40. The summed E-state index contributed by atoms with van der Waals surface area (Å²) in [6.07, 6.45) is -0.171. The van der Waals surface area contributed by atoms with Crippen molar-refractivity contribution in [3.8, 4) is 23.0 Å². The Balaban J connectivity index is 0.863. The molecule has 2 saturated heterocycles. The summed E-state index contributed by atoms with van der Waals surface area (Å²) in [6.45, 7) is 2.64. The van der Waals surface area contributed by atoms with Gasteiger partial charge in [-0.3, -0.25) is 29.4 Å². The van der Waals surface area contributed by atoms with Crippen LogP contribution >= 0.6 is 0 Å². The van der Waals surface area contributed by atoms with Crippen LogP contribution in [-0.2, 0) is 28.9 Å². The summed E-state index contributed by atoms with van der Waals surface area (Å²) < 4.78 is 61.8. The molecule has 3 aliphatic heterocycles. The number of carbonyl (C=O) groups is 4. The molecular weight excluding hydrogens is 841 g/mol. The number of aryl methyl sites for hydroxylation is 1. The molecule has 9 rings (SSSR count). The Bertz CT molecular complexity index is 2970. The molecule has 0 bridgehead atoms. The van der Waals surface area contributed by atoms with Crippen LogP contribution in [-0.4, -0.2) is 80.2 Å². The van der Waals surface area contributed by atoms with Crippen LogP contribution in [0.25, 0.3) is 16.8 Å². The fourth-order valence-electron chi connectivity index (χ4n) is 8.94. The standard InChI is InChI=1S/C49H42F4N8O4/c1-29-9-10-31(24-30(29)11-14-35-26-54-43-8-5-21-55-61(35)43)36-6-3-4-7-37(36)46(63)56-33-13-16-41(40(25-33)49(51,52)53)59-22-19-34(20-23-59)58(2)27-32-12-15-38-39(45(32)50)28-60(48(38)65)42-17-18-44(62)57-47(42)64/h3-10,12-13,15-16,21,24-26,34,42H,17-20,22-23,27-28H2,1-2H3,(H,56,63)(H,57,62,64). The van der Waals surface area contributed by atoms with Crippen molar-refractivity contribution in [1.29, 1.82) is 0 Å². The van der Waals surface area contributed by atoms with Gasteiger partial charge in [0.05, 0.1) is 18.3 Å². The van der Waals surface area contributed by atoms with Gasteiger partial charge in [-0.15, -0.1) is 0 Å². The smallest absolute Gasteiger partial charge is 0.371 e. The number of imide groups is 1. The van der Waals surface area contributed by atoms with Gasteiger partial charge in [-0.25, -0.2) is 13.9 Å². The maximum absolute atomic E-state index is 15.9. The van der Waals surface area contributed by atoms with Crippen molar-refractivity contribution in [1.82, 2.24) is 29.7 Å². The quantitative estimate of drug-likeness (QED) is 0.0921. The molecular formula is C49H42F4N8O4. The fourth-order valence-corrected chi connectivity index (χ4v) is 8.94. The molecule has 3 aliphatic rings. The summed E-state index contributed by atoms with van der Waals surface area (Å²) in [5.41, 5.74) is 4.31. The van der Waals surface area contributed by atoms with Gasteiger partial charge in [0.15, 0.2) is 5.65 Å². The molecule has 0 aliphatic carbocycles. The third-order valence-corrected chi connectivity index (χ3v) is 12.5. The number of nitrogens with one attached hydrogen (secondary N) is 2. The molecule has 16 heteroatoms. The highest BCUT2D eigenvalue weighted by Gasteiger charge is 2.41. The normalized spacial score (nSPS) is 16.7. The van der Waals surface area contributed by atoms with E-state index in [1.165, 1.54) is 17.0 Å². The van der Waals surface area contributed by atoms with Crippen LogP contribution in [0, 0.1) is 24.6 Å². The molecule has 1 unspecified atom stereocenters. The minimum Gasteiger partial charge on any atom is -0.371 e. The molecule has 6 aromatic rings. The van der Waals surface area contributed by atoms with Crippen molar-refractivity contribution >= 4 is 40.7 Å². The summed E-state index contributed by atoms with van der Waals surface area (Å²) in [5.74, 6) is 3.76. The number of carbonyl (C=O) groups excluding carboxylic acids is 4. The lowest BCUT2D eigenvalue weighted by Gasteiger charge is -2.39. The Morgan fingerprint density at radius 3 is 2.52 bits per heavy atom. The van der Waals surface area contributed by atoms with Crippen LogP contribution in [0.1, 0.15) is 79.9 Å². The first-order valence-corrected chi connectivity index (χ1v) is 21.2. The minimum atomic E-state index is -4.72. The number of piperidine rings is 2. The highest BCUT2D eigenvalue weighted by atomic mass is 19.4. The van der Waals surface area contributed by atoms with Crippen molar-refractivity contribution in [3.63, 3.8) is 0 Å². The lowest BCUT2D eigenvalue weighted by molar-refractivity contribution is -0.138. The number of benzene rings is 4. The Labute approximate surface area is 371 Å². The van der Waals surface area contributed by atoms with E-state index in [4.69, 9.17) is 0 Å². The number of nitrogens with zero attached hydrogens (tertiary/aromatic N) is 6. The van der Waals surface area contributed by atoms with E-state index >= 15 is 4.39 Å². The van der Waals surface area contributed by atoms with E-state index in [9.17, 15) is 32.3 Å². The van der Waals surface area contributed by atoms with E-state index < -0.39 is 47.2 Å². The van der Waals surface area contributed by atoms with Crippen LogP contribution in [0.2, 0.25) is 0 Å². The Hall–Kier alpha value is -7.38. The van der Waals surface area contributed by atoms with Crippen LogP contribution in [0.15, 0.2) is 97.3 Å². The zero-order chi connectivity index (χ0) is 45.6. The summed E-state index contributed by atoms with van der Waals surface area (Å²) in [7, 11) is 1.83. The molecule has 2 fully saturated rings. The summed E-state index contributed by atoms with van der Waals surface area (Å²) >= 11 is 0. The largest absolute Gasteiger partial charge is 0.418 e. The number of hydrogen-bond acceptors (Lipinski definition) is 8. The molecule has 4 aromatic carbocycles. The molecule has 12 nitrogen and oxygen atoms in total. The van der Waals surface area contributed by atoms with Gasteiger partial charge >= 0.3 is 6.18 Å². The van der Waals surface area contributed by atoms with Gasteiger partial charge in [0.2, 0.25) is 11.8 Å². The topological polar surface area (TPSA) is 132 Å². The van der Waals surface area contributed by atoms with Gasteiger partial charge in [-0.2, -0.15) is 18.3 Å². The van der Waals surface area contributed by atoms with E-state index in [1.807, 2.05) is 43.1 Å². The van der Waals surface area contributed by atoms with Crippen LogP contribution in [0.5, 0.6) is 0 Å². The van der Waals surface area contributed by atoms with Crippen molar-refractivity contribution in [2.75, 3.05) is 30.4 Å². The lowest BCUT2D eigenvalue weighted by atomic mass is 9.95. The number of imidazole rings is 1. The van der Waals surface area contributed by atoms with Crippen molar-refractivity contribution in [3.05, 3.63) is 148 Å². The van der Waals surface area contributed by atoms with Crippen LogP contribution in [0.4, 0.5) is 28.9 Å². The fraction of sp³-hybridized carbons (Fsp3) is 0.265. The third kappa shape index (κ3) is 8.54. The van der Waals surface area contributed by atoms with Gasteiger partial charge in [0, 0.05) is 77.5 Å². The molecule has 0 spiro atoms. The molecule has 330 valence electrons. The lowest BCUT2D eigenvalue weighted by Crippen LogP contribution is -2.52. The average molecular weight is 883 g/mol. The second-order valence-electron chi connectivity index (χ2n) is 16.5. The summed E-state index contributed by atoms with van der Waals surface area (Å²) in [5, 5.41) is 9.25. The number of amides is 4. The van der Waals surface area contributed by atoms with E-state index in [1.54, 1.807) is 64.3 Å². The van der Waals surface area contributed by atoms with Crippen LogP contribution in [0.3, 0.4) is 0 Å². The van der Waals surface area contributed by atoms with E-state index in [2.05, 4.69) is 32.6 Å². The molecule has 0 saturated carbocycles. The van der Waals surface area contributed by atoms with Crippen molar-refractivity contribution in [2.45, 2.75) is 64.0 Å². The number of hydrogen-bond donors (Lipinski definition) is 2. The van der Waals surface area contributed by atoms with Gasteiger partial charge in [-0.05, 0) is 104 Å². The second-order valence-corrected chi connectivity index (χ2v) is 16.5. The maximum atomic E-state index is 15.9. The molecule has 0 radical (unpaired) electrons. The molecule has 5 heterocycles. The number of halogens is 4. The molecule has 65 heavy (non-hydrogen) atoms. The molecule has 1 atom stereocenters. The second kappa shape index (κ2) is 17.3. The predicted octanol–water partition coefficient (Wildman–Crippen LogP) is 7.38. The monoisotopic (exact) mass is 882 g/mol. The van der Waals surface area contributed by atoms with Crippen molar-refractivity contribution in [2.24, 2.45) is 0 Å². The Kier molecular flexibility index (Phi) is 11.4. The minimum absolute atomic E-state index is 0.0000867. The first-order valence-electron chi connectivity index (χ1n) is 21.2. The zero-order valence-corrected chi connectivity index (χ0v) is 35.4. The maximum Gasteiger partial charge on any atom is 0.418 e. The number of fused-ring (bicyclic) bond motifs is 2. The molecule has 2 aromatic heterocycles. The van der Waals surface area contributed by atoms with E-state index in [0.717, 1.165) is 17.2 Å². The van der Waals surface area contributed by atoms with Gasteiger partial charge < -0.3 is 15.1 Å². The number of anilines is 2. The van der Waals surface area contributed by atoms with Crippen LogP contribution < -0.4 is 15.5 Å². The highest BCUT2D eigenvalue weighted by molar-refractivity contribution is 6.09. The third-order valence-electron chi connectivity index (χ3n) is 12.5. The first-order chi connectivity index (χ1) is 31.2. The number of rotatable bonds is 8. The Morgan fingerprint density at radius 2 is 1.74 bits per heavy atom. The molecule has 4 amide bonds. The van der Waals surface area contributed by atoms with Gasteiger partial charge in [0.1, 0.15) is 17.6 Å². The summed E-state index contributed by atoms with van der Waals surface area (Å²) in [6, 6.07) is 22.1. The SMILES string of the molecule is Cc1ccc(-c2ccccc2C(=O)Nc2ccc(N3CCC(N(C)Cc4ccc5c(c4F)CN(C4CCC(=O)NC4=O)C5=O)CC3)c(C(F)(F)F)c2)cc1C#Cc1cnc2cccnn12. The van der Waals surface area contributed by atoms with Gasteiger partial charge in [0.25, 0.3) is 11.8 Å². The number of aromatic nitrogens is 3. The Morgan fingerprint density at radius 1 is 0.938 bits per heavy atom. The average Bonchev–Trinajstić information content (AvgIpc) is 3.87. The number of alkyl halides is 3. The molecule has 2 N–H and O–H groups in total. The van der Waals surface area contributed by atoms with Gasteiger partial charge in [-0.1, -0.05) is 42.3 Å². The first kappa shape index (κ1) is 42.9. The van der Waals surface area contributed by atoms with E-state index in [0.29, 0.717) is 54.0 Å².